The van der Waals surface area contributed by atoms with E-state index in [-0.39, 0.29) is 12.3 Å². The summed E-state index contributed by atoms with van der Waals surface area (Å²) < 4.78 is 16.5. The Kier molecular flexibility index (Phi) is 7.89. The van der Waals surface area contributed by atoms with Crippen molar-refractivity contribution in [3.63, 3.8) is 0 Å². The number of imide groups is 1. The first-order chi connectivity index (χ1) is 18.4. The number of hydrogen-bond acceptors (Lipinski definition) is 7. The van der Waals surface area contributed by atoms with Crippen molar-refractivity contribution in [1.82, 2.24) is 10.2 Å². The number of nitrogens with zero attached hydrogens (tertiary/aromatic N) is 2. The lowest BCUT2D eigenvalue weighted by molar-refractivity contribution is -0.127. The fourth-order valence-corrected chi connectivity index (χ4v) is 3.77. The van der Waals surface area contributed by atoms with Crippen molar-refractivity contribution in [1.29, 1.82) is 5.26 Å². The molecule has 4 amide bonds. The number of nitriles is 1. The van der Waals surface area contributed by atoms with Crippen molar-refractivity contribution < 1.29 is 28.6 Å². The summed E-state index contributed by atoms with van der Waals surface area (Å²) >= 11 is 0. The van der Waals surface area contributed by atoms with Crippen molar-refractivity contribution in [2.45, 2.75) is 6.61 Å². The quantitative estimate of drug-likeness (QED) is 0.330. The highest BCUT2D eigenvalue weighted by Gasteiger charge is 2.35. The predicted molar refractivity (Wildman–Crippen MR) is 138 cm³/mol. The molecule has 0 aromatic heterocycles. The molecule has 1 saturated heterocycles. The fourth-order valence-electron chi connectivity index (χ4n) is 3.77. The maximum Gasteiger partial charge on any atom is 0.329 e. The van der Waals surface area contributed by atoms with Crippen LogP contribution in [0.1, 0.15) is 16.7 Å². The van der Waals surface area contributed by atoms with Gasteiger partial charge in [0.2, 0.25) is 5.91 Å². The molecule has 1 heterocycles. The summed E-state index contributed by atoms with van der Waals surface area (Å²) in [5.74, 6) is 0.102. The molecular weight excluding hydrogens is 488 g/mol. The minimum Gasteiger partial charge on any atom is -0.495 e. The van der Waals surface area contributed by atoms with Gasteiger partial charge in [0, 0.05) is 5.56 Å². The Morgan fingerprint density at radius 3 is 2.50 bits per heavy atom. The first-order valence-corrected chi connectivity index (χ1v) is 11.5. The van der Waals surface area contributed by atoms with Gasteiger partial charge in [-0.3, -0.25) is 9.59 Å². The lowest BCUT2D eigenvalue weighted by Gasteiger charge is -2.13. The molecule has 2 N–H and O–H groups in total. The lowest BCUT2D eigenvalue weighted by atomic mass is 10.1. The van der Waals surface area contributed by atoms with Crippen LogP contribution in [0.3, 0.4) is 0 Å². The molecular formula is C28H24N4O6. The van der Waals surface area contributed by atoms with Crippen molar-refractivity contribution in [2.24, 2.45) is 0 Å². The summed E-state index contributed by atoms with van der Waals surface area (Å²) in [6.07, 6.45) is 1.48. The summed E-state index contributed by atoms with van der Waals surface area (Å²) in [4.78, 5) is 38.6. The van der Waals surface area contributed by atoms with Gasteiger partial charge in [0.05, 0.1) is 31.5 Å². The second-order valence-corrected chi connectivity index (χ2v) is 8.10. The van der Waals surface area contributed by atoms with Crippen molar-refractivity contribution in [3.8, 4) is 23.3 Å². The normalized spacial score (nSPS) is 13.6. The van der Waals surface area contributed by atoms with Gasteiger partial charge in [0.25, 0.3) is 5.91 Å². The van der Waals surface area contributed by atoms with Gasteiger partial charge in [-0.15, -0.1) is 0 Å². The number of benzene rings is 3. The van der Waals surface area contributed by atoms with E-state index in [0.29, 0.717) is 34.1 Å². The third-order valence-corrected chi connectivity index (χ3v) is 5.66. The van der Waals surface area contributed by atoms with Crippen molar-refractivity contribution >= 4 is 29.6 Å². The summed E-state index contributed by atoms with van der Waals surface area (Å²) in [5.41, 5.74) is 2.25. The van der Waals surface area contributed by atoms with Crippen molar-refractivity contribution in [3.05, 3.63) is 89.1 Å². The van der Waals surface area contributed by atoms with Gasteiger partial charge >= 0.3 is 6.03 Å². The Hall–Kier alpha value is -5.30. The molecule has 0 unspecified atom stereocenters. The molecule has 10 heteroatoms. The van der Waals surface area contributed by atoms with Gasteiger partial charge in [0.1, 0.15) is 24.6 Å². The van der Waals surface area contributed by atoms with Gasteiger partial charge in [0.15, 0.2) is 11.5 Å². The average molecular weight is 513 g/mol. The molecule has 0 saturated carbocycles. The number of ether oxygens (including phenoxy) is 3. The molecule has 4 rings (SSSR count). The molecule has 192 valence electrons. The third-order valence-electron chi connectivity index (χ3n) is 5.66. The fraction of sp³-hybridized carbons (Fsp3) is 0.143. The zero-order valence-electron chi connectivity index (χ0n) is 20.7. The van der Waals surface area contributed by atoms with Gasteiger partial charge in [-0.1, -0.05) is 36.4 Å². The lowest BCUT2D eigenvalue weighted by Crippen LogP contribution is -2.38. The maximum atomic E-state index is 12.9. The maximum absolute atomic E-state index is 12.9. The molecule has 0 spiro atoms. The van der Waals surface area contributed by atoms with Crippen LogP contribution >= 0.6 is 0 Å². The van der Waals surface area contributed by atoms with E-state index < -0.39 is 24.4 Å². The standard InChI is InChI=1S/C28H24N4O6/c1-36-23-10-6-5-9-21(23)30-26(33)16-32-27(34)22(31-28(32)35)13-18-11-12-24(25(14-18)37-2)38-17-20-8-4-3-7-19(20)15-29/h3-14H,16-17H2,1-2H3,(H,30,33)(H,31,35)/b22-13+. The Bertz CT molecular complexity index is 1460. The molecule has 1 aliphatic rings. The number of rotatable bonds is 9. The highest BCUT2D eigenvalue weighted by Crippen LogP contribution is 2.30. The Labute approximate surface area is 219 Å². The van der Waals surface area contributed by atoms with E-state index in [1.165, 1.54) is 20.3 Å². The molecule has 1 aliphatic heterocycles. The van der Waals surface area contributed by atoms with E-state index in [4.69, 9.17) is 14.2 Å². The highest BCUT2D eigenvalue weighted by molar-refractivity contribution is 6.16. The number of urea groups is 1. The number of amides is 4. The smallest absolute Gasteiger partial charge is 0.329 e. The van der Waals surface area contributed by atoms with Crippen LogP contribution in [-0.4, -0.2) is 43.5 Å². The van der Waals surface area contributed by atoms with E-state index >= 15 is 0 Å². The number of para-hydroxylation sites is 2. The number of nitrogens with one attached hydrogen (secondary N) is 2. The number of carbonyl (C=O) groups excluding carboxylic acids is 3. The monoisotopic (exact) mass is 512 g/mol. The Morgan fingerprint density at radius 1 is 1.00 bits per heavy atom. The zero-order valence-corrected chi connectivity index (χ0v) is 20.7. The van der Waals surface area contributed by atoms with Gasteiger partial charge < -0.3 is 24.8 Å². The molecule has 10 nitrogen and oxygen atoms in total. The first kappa shape index (κ1) is 25.8. The topological polar surface area (TPSA) is 130 Å². The van der Waals surface area contributed by atoms with Gasteiger partial charge in [-0.05, 0) is 42.0 Å². The molecule has 0 bridgehead atoms. The van der Waals surface area contributed by atoms with Crippen LogP contribution in [0.5, 0.6) is 17.2 Å². The van der Waals surface area contributed by atoms with E-state index in [2.05, 4.69) is 16.7 Å². The van der Waals surface area contributed by atoms with Crippen LogP contribution in [0.15, 0.2) is 72.4 Å². The molecule has 0 aliphatic carbocycles. The minimum atomic E-state index is -0.709. The van der Waals surface area contributed by atoms with E-state index in [1.807, 2.05) is 6.07 Å². The third kappa shape index (κ3) is 5.74. The second-order valence-electron chi connectivity index (χ2n) is 8.10. The molecule has 38 heavy (non-hydrogen) atoms. The Morgan fingerprint density at radius 2 is 1.74 bits per heavy atom. The zero-order chi connectivity index (χ0) is 27.1. The van der Waals surface area contributed by atoms with Crippen LogP contribution in [0.4, 0.5) is 10.5 Å². The van der Waals surface area contributed by atoms with E-state index in [9.17, 15) is 19.6 Å². The van der Waals surface area contributed by atoms with Crippen LogP contribution in [0.25, 0.3) is 6.08 Å². The molecule has 3 aromatic rings. The van der Waals surface area contributed by atoms with Crippen LogP contribution in [-0.2, 0) is 16.2 Å². The van der Waals surface area contributed by atoms with Crippen LogP contribution in [0.2, 0.25) is 0 Å². The SMILES string of the molecule is COc1ccccc1NC(=O)CN1C(=O)N/C(=C/c2ccc(OCc3ccccc3C#N)c(OC)c2)C1=O. The summed E-state index contributed by atoms with van der Waals surface area (Å²) in [6, 6.07) is 20.4. The number of methoxy groups -OCH3 is 2. The minimum absolute atomic E-state index is 0.0127. The summed E-state index contributed by atoms with van der Waals surface area (Å²) in [5, 5.41) is 14.4. The predicted octanol–water partition coefficient (Wildman–Crippen LogP) is 3.69. The number of anilines is 1. The van der Waals surface area contributed by atoms with Crippen LogP contribution < -0.4 is 24.8 Å². The number of carbonyl (C=O) groups is 3. The van der Waals surface area contributed by atoms with Gasteiger partial charge in [-0.2, -0.15) is 5.26 Å². The second kappa shape index (κ2) is 11.6. The van der Waals surface area contributed by atoms with E-state index in [0.717, 1.165) is 10.5 Å². The Balaban J connectivity index is 1.44. The average Bonchev–Trinajstić information content (AvgIpc) is 3.19. The largest absolute Gasteiger partial charge is 0.495 e. The first-order valence-electron chi connectivity index (χ1n) is 11.5. The highest BCUT2D eigenvalue weighted by atomic mass is 16.5. The summed E-state index contributed by atoms with van der Waals surface area (Å²) in [7, 11) is 2.95. The van der Waals surface area contributed by atoms with Crippen LogP contribution in [0, 0.1) is 11.3 Å². The molecule has 0 atom stereocenters. The van der Waals surface area contributed by atoms with Crippen molar-refractivity contribution in [2.75, 3.05) is 26.1 Å². The summed E-state index contributed by atoms with van der Waals surface area (Å²) in [6.45, 7) is -0.304. The number of hydrogen-bond donors (Lipinski definition) is 2. The molecule has 0 radical (unpaired) electrons. The van der Waals surface area contributed by atoms with E-state index in [1.54, 1.807) is 60.7 Å². The molecule has 3 aromatic carbocycles. The van der Waals surface area contributed by atoms with Gasteiger partial charge in [-0.25, -0.2) is 9.69 Å². The molecule has 1 fully saturated rings.